The largest absolute Gasteiger partial charge is 0.490 e. The number of carbonyl (C=O) groups excluding carboxylic acids is 1. The molecule has 116 valence electrons. The Hall–Kier alpha value is -2.11. The Morgan fingerprint density at radius 3 is 2.62 bits per heavy atom. The van der Waals surface area contributed by atoms with Crippen LogP contribution in [0.15, 0.2) is 24.3 Å². The third-order valence-corrected chi connectivity index (χ3v) is 2.81. The fourth-order valence-corrected chi connectivity index (χ4v) is 1.71. The average molecular weight is 297 g/mol. The number of carbonyl (C=O) groups is 2. The van der Waals surface area contributed by atoms with Gasteiger partial charge in [0.25, 0.3) is 0 Å². The molecule has 5 nitrogen and oxygen atoms in total. The minimum Gasteiger partial charge on any atom is -0.490 e. The van der Waals surface area contributed by atoms with Gasteiger partial charge < -0.3 is 15.2 Å². The number of carboxylic acids is 1. The lowest BCUT2D eigenvalue weighted by atomic mass is 10.2. The lowest BCUT2D eigenvalue weighted by Crippen LogP contribution is -2.26. The van der Waals surface area contributed by atoms with Crippen molar-refractivity contribution in [3.8, 4) is 5.75 Å². The lowest BCUT2D eigenvalue weighted by molar-refractivity contribution is -0.137. The number of rotatable bonds is 10. The standard InChI is InChI=1S/C15H20FNO4/c16-12-6-3-4-7-13(12)21-11-9-14(18)17-10-5-1-2-8-15(19)20/h3-4,6-7H,1-2,5,8-11H2,(H,17,18)(H,19,20). The average Bonchev–Trinajstić information content (AvgIpc) is 2.44. The molecule has 0 aliphatic rings. The minimum absolute atomic E-state index is 0.117. The number of carboxylic acid groups (broad SMARTS) is 1. The van der Waals surface area contributed by atoms with Gasteiger partial charge in [-0.2, -0.15) is 0 Å². The van der Waals surface area contributed by atoms with E-state index in [0.717, 1.165) is 12.8 Å². The van der Waals surface area contributed by atoms with Gasteiger partial charge >= 0.3 is 5.97 Å². The Bertz CT molecular complexity index is 465. The number of halogens is 1. The van der Waals surface area contributed by atoms with Crippen molar-refractivity contribution in [3.05, 3.63) is 30.1 Å². The first kappa shape index (κ1) is 16.9. The van der Waals surface area contributed by atoms with Crippen molar-refractivity contribution in [3.63, 3.8) is 0 Å². The summed E-state index contributed by atoms with van der Waals surface area (Å²) < 4.78 is 18.4. The van der Waals surface area contributed by atoms with Crippen molar-refractivity contribution in [2.45, 2.75) is 32.1 Å². The van der Waals surface area contributed by atoms with Gasteiger partial charge in [-0.05, 0) is 25.0 Å². The topological polar surface area (TPSA) is 75.6 Å². The third-order valence-electron chi connectivity index (χ3n) is 2.81. The molecule has 6 heteroatoms. The number of amides is 1. The smallest absolute Gasteiger partial charge is 0.303 e. The molecule has 0 fully saturated rings. The van der Waals surface area contributed by atoms with Crippen molar-refractivity contribution in [1.29, 1.82) is 0 Å². The zero-order valence-corrected chi connectivity index (χ0v) is 11.8. The number of hydrogen-bond donors (Lipinski definition) is 2. The molecule has 0 aliphatic heterocycles. The second-order valence-corrected chi connectivity index (χ2v) is 4.58. The van der Waals surface area contributed by atoms with Crippen LogP contribution >= 0.6 is 0 Å². The van der Waals surface area contributed by atoms with Crippen molar-refractivity contribution in [2.75, 3.05) is 13.2 Å². The van der Waals surface area contributed by atoms with Crippen molar-refractivity contribution < 1.29 is 23.8 Å². The summed E-state index contributed by atoms with van der Waals surface area (Å²) in [5.41, 5.74) is 0. The van der Waals surface area contributed by atoms with E-state index in [1.807, 2.05) is 0 Å². The van der Waals surface area contributed by atoms with Crippen LogP contribution in [0.3, 0.4) is 0 Å². The summed E-state index contributed by atoms with van der Waals surface area (Å²) in [6.07, 6.45) is 2.43. The maximum Gasteiger partial charge on any atom is 0.303 e. The summed E-state index contributed by atoms with van der Waals surface area (Å²) in [5.74, 6) is -1.27. The predicted octanol–water partition coefficient (Wildman–Crippen LogP) is 2.36. The molecule has 2 N–H and O–H groups in total. The van der Waals surface area contributed by atoms with Gasteiger partial charge in [0.2, 0.25) is 5.91 Å². The second kappa shape index (κ2) is 9.74. The van der Waals surface area contributed by atoms with Gasteiger partial charge in [-0.25, -0.2) is 4.39 Å². The number of para-hydroxylation sites is 1. The Labute approximate surface area is 123 Å². The summed E-state index contributed by atoms with van der Waals surface area (Å²) in [4.78, 5) is 21.8. The second-order valence-electron chi connectivity index (χ2n) is 4.58. The molecule has 21 heavy (non-hydrogen) atoms. The van der Waals surface area contributed by atoms with E-state index < -0.39 is 11.8 Å². The predicted molar refractivity (Wildman–Crippen MR) is 75.6 cm³/mol. The van der Waals surface area contributed by atoms with E-state index in [4.69, 9.17) is 9.84 Å². The summed E-state index contributed by atoms with van der Waals surface area (Å²) in [6.45, 7) is 0.629. The molecule has 0 spiro atoms. The van der Waals surface area contributed by atoms with E-state index in [2.05, 4.69) is 5.32 Å². The number of unbranched alkanes of at least 4 members (excludes halogenated alkanes) is 2. The fourth-order valence-electron chi connectivity index (χ4n) is 1.71. The van der Waals surface area contributed by atoms with Crippen molar-refractivity contribution in [1.82, 2.24) is 5.32 Å². The fraction of sp³-hybridized carbons (Fsp3) is 0.467. The molecule has 0 heterocycles. The van der Waals surface area contributed by atoms with E-state index in [1.54, 1.807) is 12.1 Å². The zero-order valence-electron chi connectivity index (χ0n) is 11.8. The van der Waals surface area contributed by atoms with Crippen molar-refractivity contribution >= 4 is 11.9 Å². The van der Waals surface area contributed by atoms with E-state index in [9.17, 15) is 14.0 Å². The third kappa shape index (κ3) is 7.91. The van der Waals surface area contributed by atoms with Crippen LogP contribution in [-0.4, -0.2) is 30.1 Å². The van der Waals surface area contributed by atoms with Gasteiger partial charge in [-0.1, -0.05) is 18.6 Å². The summed E-state index contributed by atoms with van der Waals surface area (Å²) in [5, 5.41) is 11.2. The van der Waals surface area contributed by atoms with Gasteiger partial charge in [0, 0.05) is 13.0 Å². The van der Waals surface area contributed by atoms with Gasteiger partial charge in [0.05, 0.1) is 13.0 Å². The van der Waals surface area contributed by atoms with Crippen LogP contribution in [0.5, 0.6) is 5.75 Å². The Morgan fingerprint density at radius 1 is 1.14 bits per heavy atom. The van der Waals surface area contributed by atoms with Crippen LogP contribution in [0.2, 0.25) is 0 Å². The van der Waals surface area contributed by atoms with Crippen LogP contribution in [0.1, 0.15) is 32.1 Å². The molecule has 1 aromatic carbocycles. The van der Waals surface area contributed by atoms with Crippen LogP contribution in [-0.2, 0) is 9.59 Å². The number of benzene rings is 1. The van der Waals surface area contributed by atoms with Crippen molar-refractivity contribution in [2.24, 2.45) is 0 Å². The number of nitrogens with one attached hydrogen (secondary N) is 1. The Balaban J connectivity index is 2.04. The van der Waals surface area contributed by atoms with Gasteiger partial charge in [-0.3, -0.25) is 9.59 Å². The quantitative estimate of drug-likeness (QED) is 0.650. The molecule has 0 aliphatic carbocycles. The SMILES string of the molecule is O=C(O)CCCCCNC(=O)CCOc1ccccc1F. The number of ether oxygens (including phenoxy) is 1. The highest BCUT2D eigenvalue weighted by molar-refractivity contribution is 5.75. The Kier molecular flexibility index (Phi) is 7.86. The summed E-state index contributed by atoms with van der Waals surface area (Å²) in [6, 6.07) is 6.04. The molecule has 0 atom stereocenters. The highest BCUT2D eigenvalue weighted by Crippen LogP contribution is 2.15. The van der Waals surface area contributed by atoms with Crippen LogP contribution < -0.4 is 10.1 Å². The molecule has 0 radical (unpaired) electrons. The van der Waals surface area contributed by atoms with Gasteiger partial charge in [0.1, 0.15) is 0 Å². The van der Waals surface area contributed by atoms with Gasteiger partial charge in [-0.15, -0.1) is 0 Å². The molecule has 0 aromatic heterocycles. The van der Waals surface area contributed by atoms with E-state index in [-0.39, 0.29) is 31.1 Å². The molecule has 1 rings (SSSR count). The van der Waals surface area contributed by atoms with Gasteiger partial charge in [0.15, 0.2) is 11.6 Å². The maximum absolute atomic E-state index is 13.2. The first-order valence-corrected chi connectivity index (χ1v) is 6.95. The van der Waals surface area contributed by atoms with Crippen LogP contribution in [0.4, 0.5) is 4.39 Å². The lowest BCUT2D eigenvalue weighted by Gasteiger charge is -2.07. The van der Waals surface area contributed by atoms with E-state index in [1.165, 1.54) is 12.1 Å². The molecule has 0 saturated heterocycles. The molecular weight excluding hydrogens is 277 g/mol. The summed E-state index contributed by atoms with van der Waals surface area (Å²) in [7, 11) is 0. The molecule has 0 saturated carbocycles. The molecular formula is C15H20FNO4. The molecule has 0 bridgehead atoms. The number of hydrogen-bond acceptors (Lipinski definition) is 3. The molecule has 1 amide bonds. The first-order chi connectivity index (χ1) is 10.1. The minimum atomic E-state index is -0.802. The van der Waals surface area contributed by atoms with Crippen LogP contribution in [0.25, 0.3) is 0 Å². The highest BCUT2D eigenvalue weighted by Gasteiger charge is 2.04. The first-order valence-electron chi connectivity index (χ1n) is 6.95. The molecule has 1 aromatic rings. The number of aliphatic carboxylic acids is 1. The van der Waals surface area contributed by atoms with Crippen LogP contribution in [0, 0.1) is 5.82 Å². The van der Waals surface area contributed by atoms with E-state index >= 15 is 0 Å². The monoisotopic (exact) mass is 297 g/mol. The highest BCUT2D eigenvalue weighted by atomic mass is 19.1. The van der Waals surface area contributed by atoms with E-state index in [0.29, 0.717) is 13.0 Å². The zero-order chi connectivity index (χ0) is 15.5. The maximum atomic E-state index is 13.2. The molecule has 0 unspecified atom stereocenters. The normalized spacial score (nSPS) is 10.1. The summed E-state index contributed by atoms with van der Waals surface area (Å²) >= 11 is 0. The Morgan fingerprint density at radius 2 is 1.90 bits per heavy atom.